The molecule has 112 valence electrons. The van der Waals surface area contributed by atoms with Gasteiger partial charge in [0.2, 0.25) is 5.91 Å². The maximum atomic E-state index is 12.2. The lowest BCUT2D eigenvalue weighted by Gasteiger charge is -2.32. The van der Waals surface area contributed by atoms with E-state index in [2.05, 4.69) is 29.4 Å². The molecule has 1 aromatic rings. The minimum atomic E-state index is 0.291. The van der Waals surface area contributed by atoms with Gasteiger partial charge in [0, 0.05) is 43.4 Å². The SMILES string of the molecule is CC(C)NCCCC(=O)N1CCCC(c2ccn[nH]2)C1. The molecule has 0 spiro atoms. The van der Waals surface area contributed by atoms with Crippen LogP contribution >= 0.6 is 0 Å². The number of nitrogens with one attached hydrogen (secondary N) is 2. The Morgan fingerprint density at radius 3 is 3.15 bits per heavy atom. The van der Waals surface area contributed by atoms with Crippen molar-refractivity contribution < 1.29 is 4.79 Å². The monoisotopic (exact) mass is 278 g/mol. The molecule has 2 rings (SSSR count). The van der Waals surface area contributed by atoms with Gasteiger partial charge in [-0.15, -0.1) is 0 Å². The Morgan fingerprint density at radius 1 is 1.60 bits per heavy atom. The smallest absolute Gasteiger partial charge is 0.222 e. The molecule has 0 radical (unpaired) electrons. The highest BCUT2D eigenvalue weighted by Crippen LogP contribution is 2.25. The molecule has 1 aliphatic rings. The van der Waals surface area contributed by atoms with Gasteiger partial charge in [-0.1, -0.05) is 13.8 Å². The Hall–Kier alpha value is -1.36. The minimum Gasteiger partial charge on any atom is -0.342 e. The van der Waals surface area contributed by atoms with E-state index in [0.29, 0.717) is 24.3 Å². The van der Waals surface area contributed by atoms with E-state index < -0.39 is 0 Å². The molecule has 2 N–H and O–H groups in total. The first-order valence-corrected chi connectivity index (χ1v) is 7.67. The number of rotatable bonds is 6. The highest BCUT2D eigenvalue weighted by atomic mass is 16.2. The molecule has 20 heavy (non-hydrogen) atoms. The summed E-state index contributed by atoms with van der Waals surface area (Å²) >= 11 is 0. The number of aromatic nitrogens is 2. The number of carbonyl (C=O) groups excluding carboxylic acids is 1. The zero-order chi connectivity index (χ0) is 14.4. The molecule has 1 saturated heterocycles. The van der Waals surface area contributed by atoms with Gasteiger partial charge in [0.05, 0.1) is 0 Å². The molecule has 1 amide bonds. The van der Waals surface area contributed by atoms with Gasteiger partial charge >= 0.3 is 0 Å². The zero-order valence-corrected chi connectivity index (χ0v) is 12.6. The fourth-order valence-electron chi connectivity index (χ4n) is 2.74. The molecule has 1 fully saturated rings. The Bertz CT molecular complexity index is 402. The number of aromatic amines is 1. The van der Waals surface area contributed by atoms with Gasteiger partial charge in [-0.05, 0) is 31.9 Å². The normalized spacial score (nSPS) is 19.6. The highest BCUT2D eigenvalue weighted by molar-refractivity contribution is 5.76. The predicted octanol–water partition coefficient (Wildman–Crippen LogP) is 1.89. The highest BCUT2D eigenvalue weighted by Gasteiger charge is 2.24. The quantitative estimate of drug-likeness (QED) is 0.781. The van der Waals surface area contributed by atoms with Gasteiger partial charge in [0.25, 0.3) is 0 Å². The molecule has 0 aliphatic carbocycles. The van der Waals surface area contributed by atoms with Gasteiger partial charge in [0.15, 0.2) is 0 Å². The molecule has 1 aromatic heterocycles. The standard InChI is InChI=1S/C15H26N4O/c1-12(2)16-8-3-6-15(20)19-10-4-5-13(11-19)14-7-9-17-18-14/h7,9,12-13,16H,3-6,8,10-11H2,1-2H3,(H,17,18). The molecule has 5 heteroatoms. The summed E-state index contributed by atoms with van der Waals surface area (Å²) in [4.78, 5) is 14.2. The molecular formula is C15H26N4O. The lowest BCUT2D eigenvalue weighted by Crippen LogP contribution is -2.39. The second-order valence-electron chi connectivity index (χ2n) is 5.90. The molecule has 1 atom stereocenters. The summed E-state index contributed by atoms with van der Waals surface area (Å²) in [5.41, 5.74) is 1.16. The van der Waals surface area contributed by atoms with Crippen LogP contribution in [-0.4, -0.2) is 46.7 Å². The van der Waals surface area contributed by atoms with Crippen LogP contribution in [0.2, 0.25) is 0 Å². The van der Waals surface area contributed by atoms with Crippen LogP contribution in [0.1, 0.15) is 51.1 Å². The molecular weight excluding hydrogens is 252 g/mol. The second-order valence-corrected chi connectivity index (χ2v) is 5.90. The molecule has 1 aliphatic heterocycles. The minimum absolute atomic E-state index is 0.291. The van der Waals surface area contributed by atoms with E-state index in [-0.39, 0.29) is 0 Å². The topological polar surface area (TPSA) is 61.0 Å². The van der Waals surface area contributed by atoms with Crippen LogP contribution in [0.15, 0.2) is 12.3 Å². The summed E-state index contributed by atoms with van der Waals surface area (Å²) < 4.78 is 0. The van der Waals surface area contributed by atoms with Crippen LogP contribution in [0.25, 0.3) is 0 Å². The van der Waals surface area contributed by atoms with Crippen molar-refractivity contribution >= 4 is 5.91 Å². The van der Waals surface area contributed by atoms with Crippen molar-refractivity contribution in [3.8, 4) is 0 Å². The van der Waals surface area contributed by atoms with E-state index in [9.17, 15) is 4.79 Å². The van der Waals surface area contributed by atoms with Crippen LogP contribution in [0.5, 0.6) is 0 Å². The van der Waals surface area contributed by atoms with E-state index in [1.165, 1.54) is 0 Å². The van der Waals surface area contributed by atoms with E-state index >= 15 is 0 Å². The van der Waals surface area contributed by atoms with Gasteiger partial charge in [-0.25, -0.2) is 0 Å². The Balaban J connectivity index is 1.75. The second kappa shape index (κ2) is 7.43. The summed E-state index contributed by atoms with van der Waals surface area (Å²) in [6.07, 6.45) is 5.58. The third kappa shape index (κ3) is 4.34. The van der Waals surface area contributed by atoms with Crippen LogP contribution in [0.3, 0.4) is 0 Å². The van der Waals surface area contributed by atoms with E-state index in [1.54, 1.807) is 6.20 Å². The maximum absolute atomic E-state index is 12.2. The average Bonchev–Trinajstić information content (AvgIpc) is 2.97. The lowest BCUT2D eigenvalue weighted by molar-refractivity contribution is -0.132. The summed E-state index contributed by atoms with van der Waals surface area (Å²) in [6.45, 7) is 6.91. The van der Waals surface area contributed by atoms with Crippen LogP contribution in [0.4, 0.5) is 0 Å². The number of nitrogens with zero attached hydrogens (tertiary/aromatic N) is 2. The van der Waals surface area contributed by atoms with Crippen LogP contribution < -0.4 is 5.32 Å². The summed E-state index contributed by atoms with van der Waals surface area (Å²) in [5, 5.41) is 10.4. The van der Waals surface area contributed by atoms with Crippen molar-refractivity contribution in [2.45, 2.75) is 51.5 Å². The fraction of sp³-hybridized carbons (Fsp3) is 0.733. The molecule has 2 heterocycles. The summed E-state index contributed by atoms with van der Waals surface area (Å²) in [6, 6.07) is 2.51. The van der Waals surface area contributed by atoms with Crippen molar-refractivity contribution in [3.63, 3.8) is 0 Å². The van der Waals surface area contributed by atoms with Gasteiger partial charge < -0.3 is 10.2 Å². The number of amides is 1. The van der Waals surface area contributed by atoms with Gasteiger partial charge in [-0.3, -0.25) is 9.89 Å². The Morgan fingerprint density at radius 2 is 2.45 bits per heavy atom. The Kier molecular flexibility index (Phi) is 5.59. The van der Waals surface area contributed by atoms with E-state index in [0.717, 1.165) is 44.6 Å². The largest absolute Gasteiger partial charge is 0.342 e. The number of hydrogen-bond acceptors (Lipinski definition) is 3. The third-order valence-corrected chi connectivity index (χ3v) is 3.86. The number of likely N-dealkylation sites (tertiary alicyclic amines) is 1. The lowest BCUT2D eigenvalue weighted by atomic mass is 9.94. The predicted molar refractivity (Wildman–Crippen MR) is 79.5 cm³/mol. The number of carbonyl (C=O) groups is 1. The van der Waals surface area contributed by atoms with Crippen LogP contribution in [-0.2, 0) is 4.79 Å². The summed E-state index contributed by atoms with van der Waals surface area (Å²) in [7, 11) is 0. The van der Waals surface area contributed by atoms with E-state index in [1.807, 2.05) is 11.0 Å². The molecule has 0 aromatic carbocycles. The average molecular weight is 278 g/mol. The van der Waals surface area contributed by atoms with Gasteiger partial charge in [-0.2, -0.15) is 5.10 Å². The molecule has 5 nitrogen and oxygen atoms in total. The first-order valence-electron chi connectivity index (χ1n) is 7.67. The van der Waals surface area contributed by atoms with Crippen LogP contribution in [0, 0.1) is 0 Å². The number of piperidine rings is 1. The van der Waals surface area contributed by atoms with E-state index in [4.69, 9.17) is 0 Å². The maximum Gasteiger partial charge on any atom is 0.222 e. The first-order chi connectivity index (χ1) is 9.66. The third-order valence-electron chi connectivity index (χ3n) is 3.86. The first kappa shape index (κ1) is 15.0. The fourth-order valence-corrected chi connectivity index (χ4v) is 2.74. The van der Waals surface area contributed by atoms with Crippen molar-refractivity contribution in [1.82, 2.24) is 20.4 Å². The Labute approximate surface area is 121 Å². The number of hydrogen-bond donors (Lipinski definition) is 2. The van der Waals surface area contributed by atoms with Crippen molar-refractivity contribution in [3.05, 3.63) is 18.0 Å². The van der Waals surface area contributed by atoms with Gasteiger partial charge in [0.1, 0.15) is 0 Å². The van der Waals surface area contributed by atoms with Crippen molar-refractivity contribution in [2.75, 3.05) is 19.6 Å². The van der Waals surface area contributed by atoms with Crippen molar-refractivity contribution in [2.24, 2.45) is 0 Å². The molecule has 1 unspecified atom stereocenters. The molecule has 0 bridgehead atoms. The number of H-pyrrole nitrogens is 1. The van der Waals surface area contributed by atoms with Crippen molar-refractivity contribution in [1.29, 1.82) is 0 Å². The molecule has 0 saturated carbocycles. The zero-order valence-electron chi connectivity index (χ0n) is 12.6. The summed E-state index contributed by atoms with van der Waals surface area (Å²) in [5.74, 6) is 0.712.